The molecular weight excluding hydrogens is 256 g/mol. The van der Waals surface area contributed by atoms with Gasteiger partial charge in [-0.1, -0.05) is 6.07 Å². The van der Waals surface area contributed by atoms with Gasteiger partial charge in [0, 0.05) is 5.39 Å². The van der Waals surface area contributed by atoms with Gasteiger partial charge in [-0.05, 0) is 12.1 Å². The monoisotopic (exact) mass is 262 g/mol. The van der Waals surface area contributed by atoms with Gasteiger partial charge in [0.1, 0.15) is 0 Å². The van der Waals surface area contributed by atoms with Gasteiger partial charge in [0.2, 0.25) is 5.82 Å². The van der Waals surface area contributed by atoms with Gasteiger partial charge in [-0.25, -0.2) is 24.4 Å². The Bertz CT molecular complexity index is 724. The van der Waals surface area contributed by atoms with Crippen LogP contribution in [0.4, 0.5) is 0 Å². The van der Waals surface area contributed by atoms with Crippen molar-refractivity contribution in [3.05, 3.63) is 35.3 Å². The highest BCUT2D eigenvalue weighted by atomic mass is 16.4. The lowest BCUT2D eigenvalue weighted by molar-refractivity contribution is 0.0677. The summed E-state index contributed by atoms with van der Waals surface area (Å²) >= 11 is 0. The largest absolute Gasteiger partial charge is 0.478 e. The van der Waals surface area contributed by atoms with Crippen LogP contribution in [0.5, 0.6) is 0 Å². The summed E-state index contributed by atoms with van der Waals surface area (Å²) < 4.78 is 0. The van der Waals surface area contributed by atoms with Gasteiger partial charge in [-0.2, -0.15) is 0 Å². The van der Waals surface area contributed by atoms with Crippen LogP contribution in [-0.4, -0.2) is 43.2 Å². The number of carboxylic acids is 3. The zero-order valence-corrected chi connectivity index (χ0v) is 9.19. The second-order valence-electron chi connectivity index (χ2n) is 3.51. The number of aromatic nitrogens is 2. The van der Waals surface area contributed by atoms with Crippen LogP contribution in [0.1, 0.15) is 31.5 Å². The molecule has 0 atom stereocenters. The maximum absolute atomic E-state index is 11.1. The third-order valence-corrected chi connectivity index (χ3v) is 2.35. The molecule has 0 aliphatic rings. The minimum Gasteiger partial charge on any atom is -0.478 e. The smallest absolute Gasteiger partial charge is 0.373 e. The molecule has 1 heterocycles. The fraction of sp³-hybridized carbons (Fsp3) is 0. The Kier molecular flexibility index (Phi) is 2.83. The predicted molar refractivity (Wildman–Crippen MR) is 60.4 cm³/mol. The summed E-state index contributed by atoms with van der Waals surface area (Å²) in [4.78, 5) is 39.9. The summed E-state index contributed by atoms with van der Waals surface area (Å²) in [5, 5.41) is 26.6. The summed E-state index contributed by atoms with van der Waals surface area (Å²) in [6, 6.07) is 3.86. The molecule has 0 saturated heterocycles. The highest BCUT2D eigenvalue weighted by Crippen LogP contribution is 2.21. The summed E-state index contributed by atoms with van der Waals surface area (Å²) in [5.74, 6) is -5.07. The molecule has 0 aliphatic heterocycles. The lowest BCUT2D eigenvalue weighted by atomic mass is 10.1. The molecule has 0 amide bonds. The van der Waals surface area contributed by atoms with Gasteiger partial charge in [0.15, 0.2) is 5.69 Å². The van der Waals surface area contributed by atoms with E-state index < -0.39 is 29.4 Å². The van der Waals surface area contributed by atoms with Crippen LogP contribution >= 0.6 is 0 Å². The molecule has 2 rings (SSSR count). The van der Waals surface area contributed by atoms with Gasteiger partial charge in [-0.15, -0.1) is 0 Å². The Morgan fingerprint density at radius 3 is 2.11 bits per heavy atom. The van der Waals surface area contributed by atoms with E-state index in [1.807, 2.05) is 0 Å². The van der Waals surface area contributed by atoms with Crippen LogP contribution in [0.25, 0.3) is 10.9 Å². The first-order valence-corrected chi connectivity index (χ1v) is 4.92. The second-order valence-corrected chi connectivity index (χ2v) is 3.51. The van der Waals surface area contributed by atoms with Crippen molar-refractivity contribution in [2.75, 3.05) is 0 Å². The molecular formula is C11H6N2O6. The minimum atomic E-state index is -1.52. The van der Waals surface area contributed by atoms with Crippen molar-refractivity contribution in [2.45, 2.75) is 0 Å². The van der Waals surface area contributed by atoms with Crippen molar-refractivity contribution in [2.24, 2.45) is 0 Å². The van der Waals surface area contributed by atoms with Crippen LogP contribution in [-0.2, 0) is 0 Å². The Hall–Kier alpha value is -3.03. The van der Waals surface area contributed by atoms with Crippen molar-refractivity contribution in [1.82, 2.24) is 9.97 Å². The number of hydrogen-bond donors (Lipinski definition) is 3. The van der Waals surface area contributed by atoms with Gasteiger partial charge in [0.05, 0.1) is 11.1 Å². The van der Waals surface area contributed by atoms with Crippen molar-refractivity contribution in [3.63, 3.8) is 0 Å². The minimum absolute atomic E-state index is 0.0512. The average Bonchev–Trinajstić information content (AvgIpc) is 2.36. The van der Waals surface area contributed by atoms with E-state index in [-0.39, 0.29) is 16.5 Å². The molecule has 1 aromatic heterocycles. The van der Waals surface area contributed by atoms with Crippen LogP contribution < -0.4 is 0 Å². The number of hydrogen-bond acceptors (Lipinski definition) is 5. The molecule has 0 spiro atoms. The Morgan fingerprint density at radius 2 is 1.58 bits per heavy atom. The summed E-state index contributed by atoms with van der Waals surface area (Å²) in [5.41, 5.74) is -1.00. The SMILES string of the molecule is O=C(O)c1nc(C(=O)O)c2c(C(=O)O)cccc2n1. The number of aromatic carboxylic acids is 3. The molecule has 8 nitrogen and oxygen atoms in total. The predicted octanol–water partition coefficient (Wildman–Crippen LogP) is 0.724. The highest BCUT2D eigenvalue weighted by molar-refractivity contribution is 6.11. The number of carboxylic acid groups (broad SMARTS) is 3. The first-order valence-electron chi connectivity index (χ1n) is 4.92. The molecule has 8 heteroatoms. The van der Waals surface area contributed by atoms with E-state index in [2.05, 4.69) is 9.97 Å². The molecule has 1 aromatic carbocycles. The maximum atomic E-state index is 11.1. The third kappa shape index (κ3) is 2.06. The first-order chi connectivity index (χ1) is 8.91. The number of fused-ring (bicyclic) bond motifs is 1. The number of nitrogens with zero attached hydrogens (tertiary/aromatic N) is 2. The second kappa shape index (κ2) is 4.33. The quantitative estimate of drug-likeness (QED) is 0.735. The molecule has 0 bridgehead atoms. The van der Waals surface area contributed by atoms with E-state index in [0.717, 1.165) is 0 Å². The molecule has 0 radical (unpaired) electrons. The van der Waals surface area contributed by atoms with E-state index >= 15 is 0 Å². The molecule has 0 saturated carbocycles. The van der Waals surface area contributed by atoms with E-state index in [1.54, 1.807) is 0 Å². The number of carbonyl (C=O) groups is 3. The lowest BCUT2D eigenvalue weighted by Crippen LogP contribution is -2.13. The van der Waals surface area contributed by atoms with Gasteiger partial charge < -0.3 is 15.3 Å². The summed E-state index contributed by atoms with van der Waals surface area (Å²) in [6.07, 6.45) is 0. The van der Waals surface area contributed by atoms with E-state index in [1.165, 1.54) is 18.2 Å². The molecule has 0 aliphatic carbocycles. The van der Waals surface area contributed by atoms with Gasteiger partial charge in [-0.3, -0.25) is 0 Å². The first kappa shape index (κ1) is 12.4. The van der Waals surface area contributed by atoms with E-state index in [9.17, 15) is 14.4 Å². The molecule has 2 aromatic rings. The van der Waals surface area contributed by atoms with Crippen LogP contribution in [0.3, 0.4) is 0 Å². The Labute approximate surface area is 105 Å². The lowest BCUT2D eigenvalue weighted by Gasteiger charge is -2.06. The molecule has 19 heavy (non-hydrogen) atoms. The zero-order chi connectivity index (χ0) is 14.2. The van der Waals surface area contributed by atoms with Crippen LogP contribution in [0.2, 0.25) is 0 Å². The molecule has 0 unspecified atom stereocenters. The topological polar surface area (TPSA) is 138 Å². The van der Waals surface area contributed by atoms with Gasteiger partial charge in [0.25, 0.3) is 0 Å². The van der Waals surface area contributed by atoms with Crippen molar-refractivity contribution >= 4 is 28.8 Å². The zero-order valence-electron chi connectivity index (χ0n) is 9.19. The Morgan fingerprint density at radius 1 is 0.895 bits per heavy atom. The van der Waals surface area contributed by atoms with Crippen LogP contribution in [0, 0.1) is 0 Å². The average molecular weight is 262 g/mol. The normalized spacial score (nSPS) is 10.3. The number of rotatable bonds is 3. The van der Waals surface area contributed by atoms with E-state index in [4.69, 9.17) is 15.3 Å². The Balaban J connectivity index is 2.95. The van der Waals surface area contributed by atoms with Crippen molar-refractivity contribution < 1.29 is 29.7 Å². The highest BCUT2D eigenvalue weighted by Gasteiger charge is 2.21. The van der Waals surface area contributed by atoms with Crippen molar-refractivity contribution in [1.29, 1.82) is 0 Å². The van der Waals surface area contributed by atoms with Gasteiger partial charge >= 0.3 is 17.9 Å². The van der Waals surface area contributed by atoms with Crippen LogP contribution in [0.15, 0.2) is 18.2 Å². The summed E-state index contributed by atoms with van der Waals surface area (Å²) in [7, 11) is 0. The van der Waals surface area contributed by atoms with E-state index in [0.29, 0.717) is 0 Å². The summed E-state index contributed by atoms with van der Waals surface area (Å²) in [6.45, 7) is 0. The third-order valence-electron chi connectivity index (χ3n) is 2.35. The number of benzene rings is 1. The standard InChI is InChI=1S/C11H6N2O6/c14-9(15)4-2-1-3-5-6(4)7(10(16)17)13-8(12-5)11(18)19/h1-3H,(H,14,15)(H,16,17)(H,18,19). The maximum Gasteiger partial charge on any atom is 0.373 e. The molecule has 3 N–H and O–H groups in total. The fourth-order valence-corrected chi connectivity index (χ4v) is 1.61. The van der Waals surface area contributed by atoms with Crippen molar-refractivity contribution in [3.8, 4) is 0 Å². The molecule has 0 fully saturated rings. The fourth-order valence-electron chi connectivity index (χ4n) is 1.61. The molecule has 96 valence electrons.